The van der Waals surface area contributed by atoms with Gasteiger partial charge in [-0.25, -0.2) is 0 Å². The number of hydrogen-bond acceptors (Lipinski definition) is 6. The number of allylic oxidation sites excluding steroid dienone is 16. The third kappa shape index (κ3) is 45.3. The highest BCUT2D eigenvalue weighted by Gasteiger charge is 2.19. The molecule has 0 spiro atoms. The van der Waals surface area contributed by atoms with E-state index in [1.54, 1.807) is 0 Å². The molecule has 6 nitrogen and oxygen atoms in total. The first-order chi connectivity index (χ1) is 29.0. The van der Waals surface area contributed by atoms with Crippen molar-refractivity contribution < 1.29 is 28.6 Å². The molecule has 1 unspecified atom stereocenters. The molecule has 1 atom stereocenters. The van der Waals surface area contributed by atoms with E-state index in [1.165, 1.54) is 64.2 Å². The molecule has 0 radical (unpaired) electrons. The molecular weight excluding hydrogens is 733 g/mol. The number of carbonyl (C=O) groups excluding carboxylic acids is 3. The van der Waals surface area contributed by atoms with E-state index in [0.717, 1.165) is 89.9 Å². The average Bonchev–Trinajstić information content (AvgIpc) is 3.23. The Balaban J connectivity index is 4.49. The summed E-state index contributed by atoms with van der Waals surface area (Å²) in [6, 6.07) is 0. The standard InChI is InChI=1S/C53H86O6/c1-4-7-10-13-16-19-22-24-25-26-27-28-30-31-34-37-40-43-46-52(55)58-49-50(48-57-51(54)45-42-39-36-33-21-18-15-12-9-6-3)59-53(56)47-44-41-38-35-32-29-23-20-17-14-11-8-5-2/h8,11,14-15,17-18,20,23,25-29,32,35,38,50H,4-7,9-10,12-13,16,19,21-22,24,30-31,33-34,36-37,39-49H2,1-3H3/b11-8-,17-14-,18-15-,23-20-,26-25-,28-27-,32-29-,38-35-. The monoisotopic (exact) mass is 819 g/mol. The second kappa shape index (κ2) is 47.0. The maximum Gasteiger partial charge on any atom is 0.306 e. The summed E-state index contributed by atoms with van der Waals surface area (Å²) in [4.78, 5) is 37.7. The van der Waals surface area contributed by atoms with Crippen molar-refractivity contribution in [2.45, 2.75) is 207 Å². The van der Waals surface area contributed by atoms with Gasteiger partial charge in [0.15, 0.2) is 6.10 Å². The zero-order valence-corrected chi connectivity index (χ0v) is 38.0. The van der Waals surface area contributed by atoms with Crippen molar-refractivity contribution in [3.63, 3.8) is 0 Å². The molecule has 0 aliphatic rings. The van der Waals surface area contributed by atoms with Crippen LogP contribution in [0.15, 0.2) is 97.2 Å². The lowest BCUT2D eigenvalue weighted by Crippen LogP contribution is -2.30. The first-order valence-corrected chi connectivity index (χ1v) is 23.8. The van der Waals surface area contributed by atoms with Gasteiger partial charge in [0.2, 0.25) is 0 Å². The topological polar surface area (TPSA) is 78.9 Å². The summed E-state index contributed by atoms with van der Waals surface area (Å²) in [6.45, 7) is 6.33. The molecule has 0 rings (SSSR count). The van der Waals surface area contributed by atoms with Crippen molar-refractivity contribution >= 4 is 17.9 Å². The van der Waals surface area contributed by atoms with Crippen LogP contribution in [0.4, 0.5) is 0 Å². The minimum atomic E-state index is -0.824. The normalized spacial score (nSPS) is 12.9. The van der Waals surface area contributed by atoms with E-state index in [2.05, 4.69) is 63.3 Å². The number of hydrogen-bond donors (Lipinski definition) is 0. The highest BCUT2D eigenvalue weighted by molar-refractivity contribution is 5.71. The molecule has 0 saturated carbocycles. The van der Waals surface area contributed by atoms with E-state index in [4.69, 9.17) is 14.2 Å². The Morgan fingerprint density at radius 1 is 0.356 bits per heavy atom. The van der Waals surface area contributed by atoms with Crippen molar-refractivity contribution in [1.29, 1.82) is 0 Å². The Bertz CT molecular complexity index is 1220. The molecule has 6 heteroatoms. The van der Waals surface area contributed by atoms with Crippen LogP contribution in [0.3, 0.4) is 0 Å². The van der Waals surface area contributed by atoms with Gasteiger partial charge >= 0.3 is 17.9 Å². The Hall–Kier alpha value is -3.67. The SMILES string of the molecule is CC\C=C/C=C\C=C/C=C\C=C/CCCC(=O)OC(COC(=O)CCCCCC/C=C\CCCC)COC(=O)CCCCCCC/C=C\C=C/CCCCCCCCC. The van der Waals surface area contributed by atoms with Crippen molar-refractivity contribution in [2.75, 3.05) is 13.2 Å². The Kier molecular flexibility index (Phi) is 44.1. The fraction of sp³-hybridized carbons (Fsp3) is 0.642. The van der Waals surface area contributed by atoms with Crippen LogP contribution in [-0.2, 0) is 28.6 Å². The summed E-state index contributed by atoms with van der Waals surface area (Å²) in [5, 5.41) is 0. The van der Waals surface area contributed by atoms with Crippen LogP contribution in [0.1, 0.15) is 201 Å². The van der Waals surface area contributed by atoms with E-state index >= 15 is 0 Å². The lowest BCUT2D eigenvalue weighted by molar-refractivity contribution is -0.167. The fourth-order valence-corrected chi connectivity index (χ4v) is 6.09. The molecular formula is C53H86O6. The minimum Gasteiger partial charge on any atom is -0.462 e. The summed E-state index contributed by atoms with van der Waals surface area (Å²) in [6.07, 6.45) is 61.2. The summed E-state index contributed by atoms with van der Waals surface area (Å²) in [7, 11) is 0. The molecule has 59 heavy (non-hydrogen) atoms. The van der Waals surface area contributed by atoms with Gasteiger partial charge in [-0.1, -0.05) is 201 Å². The molecule has 0 aliphatic heterocycles. The predicted molar refractivity (Wildman–Crippen MR) is 251 cm³/mol. The van der Waals surface area contributed by atoms with Crippen LogP contribution < -0.4 is 0 Å². The van der Waals surface area contributed by atoms with E-state index in [1.807, 2.05) is 54.7 Å². The molecule has 0 aromatic rings. The van der Waals surface area contributed by atoms with Gasteiger partial charge < -0.3 is 14.2 Å². The molecule has 0 heterocycles. The summed E-state index contributed by atoms with van der Waals surface area (Å²) in [5.41, 5.74) is 0. The summed E-state index contributed by atoms with van der Waals surface area (Å²) < 4.78 is 16.6. The summed E-state index contributed by atoms with van der Waals surface area (Å²) >= 11 is 0. The Labute approximate surface area is 362 Å². The highest BCUT2D eigenvalue weighted by atomic mass is 16.6. The molecule has 0 N–H and O–H groups in total. The molecule has 0 saturated heterocycles. The van der Waals surface area contributed by atoms with E-state index in [-0.39, 0.29) is 31.6 Å². The van der Waals surface area contributed by atoms with Crippen molar-refractivity contribution in [3.05, 3.63) is 97.2 Å². The molecule has 334 valence electrons. The second-order valence-electron chi connectivity index (χ2n) is 15.4. The van der Waals surface area contributed by atoms with Gasteiger partial charge in [0.25, 0.3) is 0 Å². The fourth-order valence-electron chi connectivity index (χ4n) is 6.09. The zero-order chi connectivity index (χ0) is 43.0. The van der Waals surface area contributed by atoms with Gasteiger partial charge in [0.1, 0.15) is 13.2 Å². The number of unbranched alkanes of at least 4 members (excludes halogenated alkanes) is 19. The first-order valence-electron chi connectivity index (χ1n) is 23.8. The van der Waals surface area contributed by atoms with Crippen LogP contribution in [0.2, 0.25) is 0 Å². The number of rotatable bonds is 41. The van der Waals surface area contributed by atoms with E-state index in [9.17, 15) is 14.4 Å². The van der Waals surface area contributed by atoms with Gasteiger partial charge in [-0.05, 0) is 77.0 Å². The van der Waals surface area contributed by atoms with Crippen LogP contribution in [0.5, 0.6) is 0 Å². The number of ether oxygens (including phenoxy) is 3. The van der Waals surface area contributed by atoms with Crippen LogP contribution in [-0.4, -0.2) is 37.2 Å². The summed E-state index contributed by atoms with van der Waals surface area (Å²) in [5.74, 6) is -1.03. The molecule has 0 aromatic heterocycles. The highest BCUT2D eigenvalue weighted by Crippen LogP contribution is 2.12. The van der Waals surface area contributed by atoms with Gasteiger partial charge in [0, 0.05) is 19.3 Å². The lowest BCUT2D eigenvalue weighted by atomic mass is 10.1. The maximum absolute atomic E-state index is 12.7. The van der Waals surface area contributed by atoms with Crippen molar-refractivity contribution in [2.24, 2.45) is 0 Å². The largest absolute Gasteiger partial charge is 0.462 e. The predicted octanol–water partition coefficient (Wildman–Crippen LogP) is 15.4. The van der Waals surface area contributed by atoms with Crippen LogP contribution >= 0.6 is 0 Å². The second-order valence-corrected chi connectivity index (χ2v) is 15.4. The lowest BCUT2D eigenvalue weighted by Gasteiger charge is -2.18. The van der Waals surface area contributed by atoms with Gasteiger partial charge in [-0.3, -0.25) is 14.4 Å². The molecule has 0 fully saturated rings. The average molecular weight is 819 g/mol. The third-order valence-corrected chi connectivity index (χ3v) is 9.70. The van der Waals surface area contributed by atoms with Crippen LogP contribution in [0.25, 0.3) is 0 Å². The number of carbonyl (C=O) groups is 3. The molecule has 0 aromatic carbocycles. The van der Waals surface area contributed by atoms with Gasteiger partial charge in [-0.2, -0.15) is 0 Å². The van der Waals surface area contributed by atoms with Gasteiger partial charge in [0.05, 0.1) is 0 Å². The Morgan fingerprint density at radius 2 is 0.712 bits per heavy atom. The van der Waals surface area contributed by atoms with E-state index < -0.39 is 12.1 Å². The third-order valence-electron chi connectivity index (χ3n) is 9.70. The zero-order valence-electron chi connectivity index (χ0n) is 38.0. The Morgan fingerprint density at radius 3 is 1.20 bits per heavy atom. The smallest absolute Gasteiger partial charge is 0.306 e. The molecule has 0 aliphatic carbocycles. The van der Waals surface area contributed by atoms with Crippen molar-refractivity contribution in [3.8, 4) is 0 Å². The van der Waals surface area contributed by atoms with E-state index in [0.29, 0.717) is 19.3 Å². The maximum atomic E-state index is 12.7. The first kappa shape index (κ1) is 55.3. The quantitative estimate of drug-likeness (QED) is 0.0201. The minimum absolute atomic E-state index is 0.119. The number of esters is 3. The molecule has 0 bridgehead atoms. The van der Waals surface area contributed by atoms with Crippen molar-refractivity contribution in [1.82, 2.24) is 0 Å². The molecule has 0 amide bonds. The van der Waals surface area contributed by atoms with Gasteiger partial charge in [-0.15, -0.1) is 0 Å². The van der Waals surface area contributed by atoms with Crippen LogP contribution in [0, 0.1) is 0 Å².